The van der Waals surface area contributed by atoms with E-state index >= 15 is 0 Å². The minimum absolute atomic E-state index is 0. The maximum Gasteiger partial charge on any atom is 3.00 e. The summed E-state index contributed by atoms with van der Waals surface area (Å²) in [4.78, 5) is 0. The molecule has 0 saturated carbocycles. The van der Waals surface area contributed by atoms with E-state index in [0.717, 1.165) is 27.5 Å². The molecule has 0 unspecified atom stereocenters. The Morgan fingerprint density at radius 2 is 1.00 bits per heavy atom. The second kappa shape index (κ2) is 15.1. The van der Waals surface area contributed by atoms with Crippen LogP contribution >= 0.6 is 0 Å². The number of halogens is 2. The molecular weight excluding hydrogens is 590 g/mol. The summed E-state index contributed by atoms with van der Waals surface area (Å²) in [5, 5.41) is 19.3. The zero-order valence-electron chi connectivity index (χ0n) is 25.2. The first-order valence-electron chi connectivity index (χ1n) is 13.9. The molecule has 0 saturated heterocycles. The van der Waals surface area contributed by atoms with E-state index in [2.05, 4.69) is 116 Å². The molecule has 1 aliphatic rings. The average molecular weight is 631 g/mol. The first-order valence-corrected chi connectivity index (χ1v) is 13.9. The number of nitrogens with one attached hydrogen (secondary N) is 2. The first kappa shape index (κ1) is 36.6. The van der Waals surface area contributed by atoms with E-state index < -0.39 is 0 Å². The summed E-state index contributed by atoms with van der Waals surface area (Å²) in [6, 6.07) is 26.8. The summed E-state index contributed by atoms with van der Waals surface area (Å²) in [6.07, 6.45) is 0. The molecule has 0 bridgehead atoms. The molecule has 0 fully saturated rings. The van der Waals surface area contributed by atoms with Crippen LogP contribution in [0, 0.1) is 16.9 Å². The van der Waals surface area contributed by atoms with Gasteiger partial charge in [-0.3, -0.25) is 10.8 Å². The summed E-state index contributed by atoms with van der Waals surface area (Å²) in [5.41, 5.74) is 10.1. The molecule has 0 aromatic heterocycles. The zero-order valence-corrected chi connectivity index (χ0v) is 27.7. The summed E-state index contributed by atoms with van der Waals surface area (Å²) in [7, 11) is 0. The van der Waals surface area contributed by atoms with Crippen molar-refractivity contribution in [1.29, 1.82) is 10.8 Å². The van der Waals surface area contributed by atoms with Gasteiger partial charge in [0.1, 0.15) is 0 Å². The molecule has 0 heterocycles. The Kier molecular flexibility index (Phi) is 13.5. The van der Waals surface area contributed by atoms with E-state index in [1.807, 2.05) is 12.1 Å². The second-order valence-electron chi connectivity index (χ2n) is 11.6. The molecule has 0 amide bonds. The molecule has 5 rings (SSSR count). The molecule has 5 heteroatoms. The number of rotatable bonds is 5. The van der Waals surface area contributed by atoms with Gasteiger partial charge in [-0.1, -0.05) is 104 Å². The van der Waals surface area contributed by atoms with Crippen molar-refractivity contribution in [2.45, 2.75) is 79.1 Å². The minimum Gasteiger partial charge on any atom is -1.00 e. The van der Waals surface area contributed by atoms with E-state index in [9.17, 15) is 0 Å². The third-order valence-corrected chi connectivity index (χ3v) is 7.54. The SMILES string of the molecule is CC(C)c1[c-]c(C(C)C)ccc1.CC(C)c1cccc(C(C)C)c1-c1ccc2cccc3c2c1C(=N)C3=N.[Cl-].[Cl-].[Ni+3]. The van der Waals surface area contributed by atoms with Crippen LogP contribution in [0.3, 0.4) is 0 Å². The van der Waals surface area contributed by atoms with Gasteiger partial charge in [0, 0.05) is 16.5 Å². The molecular formula is C36H41Cl2N2Ni. The van der Waals surface area contributed by atoms with E-state index in [1.165, 1.54) is 27.8 Å². The van der Waals surface area contributed by atoms with Crippen molar-refractivity contribution in [2.24, 2.45) is 0 Å². The van der Waals surface area contributed by atoms with E-state index in [4.69, 9.17) is 10.8 Å². The molecule has 1 radical (unpaired) electrons. The van der Waals surface area contributed by atoms with Gasteiger partial charge in [-0.15, -0.1) is 0 Å². The molecule has 0 spiro atoms. The van der Waals surface area contributed by atoms with E-state index in [-0.39, 0.29) is 41.3 Å². The quantitative estimate of drug-likeness (QED) is 0.245. The van der Waals surface area contributed by atoms with Crippen molar-refractivity contribution in [3.8, 4) is 11.1 Å². The van der Waals surface area contributed by atoms with Gasteiger partial charge in [0.15, 0.2) is 0 Å². The average Bonchev–Trinajstić information content (AvgIpc) is 3.16. The molecule has 2 N–H and O–H groups in total. The maximum absolute atomic E-state index is 8.65. The van der Waals surface area contributed by atoms with Crippen LogP contribution in [0.1, 0.15) is 112 Å². The van der Waals surface area contributed by atoms with Crippen molar-refractivity contribution < 1.29 is 41.3 Å². The Balaban J connectivity index is 0.000000481. The Morgan fingerprint density at radius 3 is 1.49 bits per heavy atom. The van der Waals surface area contributed by atoms with E-state index in [0.29, 0.717) is 35.1 Å². The van der Waals surface area contributed by atoms with Crippen LogP contribution in [0.15, 0.2) is 66.7 Å². The molecule has 41 heavy (non-hydrogen) atoms. The first-order chi connectivity index (χ1) is 18.0. The molecule has 4 aromatic rings. The van der Waals surface area contributed by atoms with Crippen LogP contribution in [0.2, 0.25) is 0 Å². The van der Waals surface area contributed by atoms with Gasteiger partial charge in [0.25, 0.3) is 0 Å². The van der Waals surface area contributed by atoms with Gasteiger partial charge in [0.05, 0.1) is 11.4 Å². The van der Waals surface area contributed by atoms with Crippen molar-refractivity contribution >= 4 is 22.2 Å². The minimum atomic E-state index is 0. The van der Waals surface area contributed by atoms with Gasteiger partial charge in [-0.05, 0) is 51.3 Å². The summed E-state index contributed by atoms with van der Waals surface area (Å²) >= 11 is 0. The molecule has 0 atom stereocenters. The van der Waals surface area contributed by atoms with Gasteiger partial charge in [0.2, 0.25) is 0 Å². The fraction of sp³-hybridized carbons (Fsp3) is 0.333. The molecule has 219 valence electrons. The Bertz CT molecular complexity index is 1470. The number of hydrogen-bond acceptors (Lipinski definition) is 2. The Hall–Kier alpha value is -2.45. The van der Waals surface area contributed by atoms with Crippen LogP contribution < -0.4 is 24.8 Å². The van der Waals surface area contributed by atoms with Crippen LogP contribution in [-0.4, -0.2) is 11.4 Å². The third-order valence-electron chi connectivity index (χ3n) is 7.54. The maximum atomic E-state index is 8.65. The Morgan fingerprint density at radius 1 is 0.512 bits per heavy atom. The molecule has 1 aliphatic carbocycles. The Labute approximate surface area is 269 Å². The van der Waals surface area contributed by atoms with E-state index in [1.54, 1.807) is 0 Å². The second-order valence-corrected chi connectivity index (χ2v) is 11.6. The number of hydrogen-bond donors (Lipinski definition) is 2. The zero-order chi connectivity index (χ0) is 27.7. The van der Waals surface area contributed by atoms with Crippen LogP contribution in [-0.2, 0) is 16.5 Å². The van der Waals surface area contributed by atoms with Crippen molar-refractivity contribution in [3.63, 3.8) is 0 Å². The van der Waals surface area contributed by atoms with Crippen LogP contribution in [0.5, 0.6) is 0 Å². The molecule has 0 aliphatic heterocycles. The topological polar surface area (TPSA) is 47.7 Å². The standard InChI is InChI=1S/C24H24N2.C12H17.2ClH.Ni/c1-13(2)16-8-6-9-17(14(3)4)21(16)18-12-11-15-7-5-10-19-20(15)22(18)24(26)23(19)25;1-9(2)11-6-5-7-12(8-11)10(3)4;;;/h5-14,25-26H,1-4H3;5-7,9-10H,1-4H3;2*1H;/q;-1;;;+3/p-2. The number of benzene rings is 4. The van der Waals surface area contributed by atoms with Crippen LogP contribution in [0.25, 0.3) is 21.9 Å². The third kappa shape index (κ3) is 7.32. The van der Waals surface area contributed by atoms with Gasteiger partial charge >= 0.3 is 16.5 Å². The summed E-state index contributed by atoms with van der Waals surface area (Å²) in [6.45, 7) is 17.7. The van der Waals surface area contributed by atoms with Crippen molar-refractivity contribution in [1.82, 2.24) is 0 Å². The van der Waals surface area contributed by atoms with Crippen LogP contribution in [0.4, 0.5) is 0 Å². The molecule has 2 nitrogen and oxygen atoms in total. The smallest absolute Gasteiger partial charge is 1.00 e. The molecule has 4 aromatic carbocycles. The normalized spacial score (nSPS) is 11.8. The largest absolute Gasteiger partial charge is 3.00 e. The summed E-state index contributed by atoms with van der Waals surface area (Å²) in [5.74, 6) is 1.97. The van der Waals surface area contributed by atoms with Gasteiger partial charge < -0.3 is 24.8 Å². The fourth-order valence-electron chi connectivity index (χ4n) is 5.36. The monoisotopic (exact) mass is 629 g/mol. The summed E-state index contributed by atoms with van der Waals surface area (Å²) < 4.78 is 0. The fourth-order valence-corrected chi connectivity index (χ4v) is 5.36. The van der Waals surface area contributed by atoms with Crippen molar-refractivity contribution in [3.05, 3.63) is 106 Å². The van der Waals surface area contributed by atoms with Crippen molar-refractivity contribution in [2.75, 3.05) is 0 Å². The predicted molar refractivity (Wildman–Crippen MR) is 165 cm³/mol. The van der Waals surface area contributed by atoms with Gasteiger partial charge in [-0.25, -0.2) is 0 Å². The predicted octanol–water partition coefficient (Wildman–Crippen LogP) is 4.24. The van der Waals surface area contributed by atoms with Gasteiger partial charge in [-0.2, -0.15) is 35.4 Å².